The molecule has 3 nitrogen and oxygen atoms in total. The molecule has 1 N–H and O–H groups in total. The van der Waals surface area contributed by atoms with Crippen molar-refractivity contribution in [2.45, 2.75) is 25.3 Å². The predicted molar refractivity (Wildman–Crippen MR) is 40.3 cm³/mol. The molecule has 2 fully saturated rings. The predicted octanol–water partition coefficient (Wildman–Crippen LogP) is 0.555. The van der Waals surface area contributed by atoms with Crippen LogP contribution in [0.1, 0.15) is 19.3 Å². The molecule has 0 aliphatic carbocycles. The van der Waals surface area contributed by atoms with Gasteiger partial charge >= 0.3 is 5.97 Å². The minimum Gasteiger partial charge on any atom is -0.481 e. The Labute approximate surface area is 66.0 Å². The van der Waals surface area contributed by atoms with Gasteiger partial charge in [0.2, 0.25) is 0 Å². The summed E-state index contributed by atoms with van der Waals surface area (Å²) in [5, 5.41) is 8.83. The third kappa shape index (κ3) is 1.03. The zero-order valence-corrected chi connectivity index (χ0v) is 6.49. The summed E-state index contributed by atoms with van der Waals surface area (Å²) in [6.07, 6.45) is 3.14. The van der Waals surface area contributed by atoms with Crippen molar-refractivity contribution in [1.82, 2.24) is 4.90 Å². The topological polar surface area (TPSA) is 40.5 Å². The fraction of sp³-hybridized carbons (Fsp3) is 0.875. The summed E-state index contributed by atoms with van der Waals surface area (Å²) in [6.45, 7) is 2.12. The van der Waals surface area contributed by atoms with E-state index in [9.17, 15) is 4.79 Å². The lowest BCUT2D eigenvalue weighted by Gasteiger charge is -2.16. The highest BCUT2D eigenvalue weighted by Crippen LogP contribution is 2.32. The second-order valence-electron chi connectivity index (χ2n) is 3.48. The molecule has 0 amide bonds. The second kappa shape index (κ2) is 2.48. The van der Waals surface area contributed by atoms with Crippen molar-refractivity contribution < 1.29 is 9.90 Å². The van der Waals surface area contributed by atoms with E-state index in [0.717, 1.165) is 25.9 Å². The van der Waals surface area contributed by atoms with Gasteiger partial charge in [0.15, 0.2) is 0 Å². The number of carbonyl (C=O) groups is 1. The third-order valence-corrected chi connectivity index (χ3v) is 2.92. The van der Waals surface area contributed by atoms with Crippen LogP contribution in [-0.2, 0) is 4.79 Å². The van der Waals surface area contributed by atoms with Crippen LogP contribution in [-0.4, -0.2) is 35.1 Å². The van der Waals surface area contributed by atoms with Crippen LogP contribution in [0.5, 0.6) is 0 Å². The van der Waals surface area contributed by atoms with Crippen LogP contribution in [0.25, 0.3) is 0 Å². The van der Waals surface area contributed by atoms with Crippen LogP contribution in [0, 0.1) is 5.92 Å². The van der Waals surface area contributed by atoms with Crippen molar-refractivity contribution in [3.05, 3.63) is 0 Å². The molecule has 62 valence electrons. The molecule has 0 unspecified atom stereocenters. The third-order valence-electron chi connectivity index (χ3n) is 2.92. The maximum Gasteiger partial charge on any atom is 0.308 e. The number of hydrogen-bond acceptors (Lipinski definition) is 2. The first-order chi connectivity index (χ1) is 5.29. The lowest BCUT2D eigenvalue weighted by Crippen LogP contribution is -2.29. The highest BCUT2D eigenvalue weighted by Gasteiger charge is 2.40. The molecule has 0 radical (unpaired) electrons. The lowest BCUT2D eigenvalue weighted by atomic mass is 9.99. The van der Waals surface area contributed by atoms with E-state index in [4.69, 9.17) is 5.11 Å². The van der Waals surface area contributed by atoms with Crippen molar-refractivity contribution in [2.75, 3.05) is 13.1 Å². The number of fused-ring (bicyclic) bond motifs is 1. The van der Waals surface area contributed by atoms with Gasteiger partial charge in [0.25, 0.3) is 0 Å². The first-order valence-corrected chi connectivity index (χ1v) is 4.26. The van der Waals surface area contributed by atoms with E-state index < -0.39 is 5.97 Å². The monoisotopic (exact) mass is 155 g/mol. The van der Waals surface area contributed by atoms with E-state index in [1.807, 2.05) is 0 Å². The molecule has 0 spiro atoms. The summed E-state index contributed by atoms with van der Waals surface area (Å²) in [5.74, 6) is -0.670. The van der Waals surface area contributed by atoms with Gasteiger partial charge in [0, 0.05) is 6.04 Å². The van der Waals surface area contributed by atoms with Gasteiger partial charge in [-0.25, -0.2) is 0 Å². The van der Waals surface area contributed by atoms with Crippen molar-refractivity contribution in [2.24, 2.45) is 5.92 Å². The summed E-state index contributed by atoms with van der Waals surface area (Å²) >= 11 is 0. The van der Waals surface area contributed by atoms with E-state index in [2.05, 4.69) is 4.90 Å². The van der Waals surface area contributed by atoms with Crippen molar-refractivity contribution in [3.63, 3.8) is 0 Å². The number of carboxylic acids is 1. The van der Waals surface area contributed by atoms with Gasteiger partial charge in [0.1, 0.15) is 0 Å². The summed E-state index contributed by atoms with van der Waals surface area (Å²) in [5.41, 5.74) is 0. The maximum absolute atomic E-state index is 10.7. The van der Waals surface area contributed by atoms with Gasteiger partial charge in [-0.2, -0.15) is 0 Å². The van der Waals surface area contributed by atoms with E-state index >= 15 is 0 Å². The van der Waals surface area contributed by atoms with E-state index in [0.29, 0.717) is 6.04 Å². The van der Waals surface area contributed by atoms with E-state index in [-0.39, 0.29) is 5.92 Å². The van der Waals surface area contributed by atoms with Gasteiger partial charge in [0.05, 0.1) is 5.92 Å². The Kier molecular flexibility index (Phi) is 1.60. The average Bonchev–Trinajstić information content (AvgIpc) is 2.41. The molecule has 0 bridgehead atoms. The molecule has 2 rings (SSSR count). The molecule has 0 aromatic carbocycles. The fourth-order valence-corrected chi connectivity index (χ4v) is 2.37. The van der Waals surface area contributed by atoms with E-state index in [1.54, 1.807) is 0 Å². The number of carboxylic acid groups (broad SMARTS) is 1. The smallest absolute Gasteiger partial charge is 0.308 e. The Morgan fingerprint density at radius 2 is 2.18 bits per heavy atom. The van der Waals surface area contributed by atoms with Crippen LogP contribution in [0.3, 0.4) is 0 Å². The standard InChI is InChI=1S/C8H13NO2/c10-8(11)6-3-5-9-4-1-2-7(6)9/h6-7H,1-5H2,(H,10,11)/t6-,7-/m1/s1. The average molecular weight is 155 g/mol. The summed E-state index contributed by atoms with van der Waals surface area (Å²) in [4.78, 5) is 13.0. The summed E-state index contributed by atoms with van der Waals surface area (Å²) in [6, 6.07) is 0.368. The van der Waals surface area contributed by atoms with Crippen LogP contribution in [0.15, 0.2) is 0 Å². The second-order valence-corrected chi connectivity index (χ2v) is 3.48. The molecule has 11 heavy (non-hydrogen) atoms. The van der Waals surface area contributed by atoms with Crippen molar-refractivity contribution in [3.8, 4) is 0 Å². The summed E-state index contributed by atoms with van der Waals surface area (Å²) in [7, 11) is 0. The number of rotatable bonds is 1. The summed E-state index contributed by atoms with van der Waals surface area (Å²) < 4.78 is 0. The molecule has 0 aromatic heterocycles. The Hall–Kier alpha value is -0.570. The molecule has 2 heterocycles. The lowest BCUT2D eigenvalue weighted by molar-refractivity contribution is -0.142. The van der Waals surface area contributed by atoms with Gasteiger partial charge in [-0.05, 0) is 32.4 Å². The van der Waals surface area contributed by atoms with Crippen molar-refractivity contribution in [1.29, 1.82) is 0 Å². The minimum atomic E-state index is -0.598. The normalized spacial score (nSPS) is 37.5. The Bertz CT molecular complexity index is 181. The first kappa shape index (κ1) is 7.10. The fourth-order valence-electron chi connectivity index (χ4n) is 2.37. The molecular formula is C8H13NO2. The zero-order chi connectivity index (χ0) is 7.84. The highest BCUT2D eigenvalue weighted by atomic mass is 16.4. The highest BCUT2D eigenvalue weighted by molar-refractivity contribution is 5.71. The Morgan fingerprint density at radius 1 is 1.36 bits per heavy atom. The number of nitrogens with zero attached hydrogens (tertiary/aromatic N) is 1. The molecule has 0 aromatic rings. The quantitative estimate of drug-likeness (QED) is 0.601. The molecule has 2 aliphatic rings. The SMILES string of the molecule is O=C(O)[C@@H]1CCN2CCC[C@H]12. The van der Waals surface area contributed by atoms with Crippen LogP contribution >= 0.6 is 0 Å². The van der Waals surface area contributed by atoms with Crippen LogP contribution in [0.2, 0.25) is 0 Å². The van der Waals surface area contributed by atoms with Gasteiger partial charge in [-0.1, -0.05) is 0 Å². The van der Waals surface area contributed by atoms with Crippen LogP contribution in [0.4, 0.5) is 0 Å². The van der Waals surface area contributed by atoms with Gasteiger partial charge < -0.3 is 5.11 Å². The maximum atomic E-state index is 10.7. The van der Waals surface area contributed by atoms with Gasteiger partial charge in [-0.15, -0.1) is 0 Å². The Balaban J connectivity index is 2.08. The molecule has 0 saturated carbocycles. The Morgan fingerprint density at radius 3 is 2.91 bits per heavy atom. The molecule has 2 saturated heterocycles. The minimum absolute atomic E-state index is 0.0718. The van der Waals surface area contributed by atoms with Crippen LogP contribution < -0.4 is 0 Å². The molecule has 2 aliphatic heterocycles. The largest absolute Gasteiger partial charge is 0.481 e. The molecule has 2 atom stereocenters. The first-order valence-electron chi connectivity index (χ1n) is 4.26. The number of aliphatic carboxylic acids is 1. The van der Waals surface area contributed by atoms with Gasteiger partial charge in [-0.3, -0.25) is 9.69 Å². The van der Waals surface area contributed by atoms with Crippen molar-refractivity contribution >= 4 is 5.97 Å². The molecular weight excluding hydrogens is 142 g/mol. The van der Waals surface area contributed by atoms with E-state index in [1.165, 1.54) is 6.42 Å². The number of hydrogen-bond donors (Lipinski definition) is 1. The zero-order valence-electron chi connectivity index (χ0n) is 6.49. The molecule has 3 heteroatoms.